The summed E-state index contributed by atoms with van der Waals surface area (Å²) in [6.07, 6.45) is 0. The van der Waals surface area contributed by atoms with Crippen LogP contribution in [-0.4, -0.2) is 18.2 Å². The number of aromatic nitrogens is 1. The Balaban J connectivity index is 2.48. The highest BCUT2D eigenvalue weighted by molar-refractivity contribution is 7.54. The van der Waals surface area contributed by atoms with Gasteiger partial charge in [-0.3, -0.25) is 4.57 Å². The molecule has 0 fully saturated rings. The zero-order valence-electron chi connectivity index (χ0n) is 14.0. The molecule has 0 aliphatic rings. The zero-order chi connectivity index (χ0) is 17.6. The fourth-order valence-electron chi connectivity index (χ4n) is 2.33. The largest absolute Gasteiger partial charge is 0.357 e. The summed E-state index contributed by atoms with van der Waals surface area (Å²) >= 11 is 0. The third kappa shape index (κ3) is 4.41. The summed E-state index contributed by atoms with van der Waals surface area (Å²) in [5, 5.41) is 3.02. The van der Waals surface area contributed by atoms with Gasteiger partial charge >= 0.3 is 7.60 Å². The predicted molar refractivity (Wildman–Crippen MR) is 92.6 cm³/mol. The summed E-state index contributed by atoms with van der Waals surface area (Å²) in [5.41, 5.74) is 1.00. The average molecular weight is 352 g/mol. The first-order valence-corrected chi connectivity index (χ1v) is 9.44. The molecule has 0 amide bonds. The quantitative estimate of drug-likeness (QED) is 0.684. The topological polar surface area (TPSA) is 60.5 Å². The molecule has 0 aliphatic heterocycles. The number of hydrogen-bond donors (Lipinski definition) is 1. The third-order valence-electron chi connectivity index (χ3n) is 3.31. The minimum Gasteiger partial charge on any atom is -0.353 e. The van der Waals surface area contributed by atoms with Gasteiger partial charge in [0.2, 0.25) is 0 Å². The van der Waals surface area contributed by atoms with Gasteiger partial charge < -0.3 is 14.4 Å². The number of pyridine rings is 1. The molecule has 1 N–H and O–H groups in total. The maximum atomic E-state index is 14.3. The van der Waals surface area contributed by atoms with Crippen LogP contribution in [0.5, 0.6) is 0 Å². The van der Waals surface area contributed by atoms with Crippen molar-refractivity contribution >= 4 is 13.4 Å². The molecule has 130 valence electrons. The highest BCUT2D eigenvalue weighted by Gasteiger charge is 2.38. The summed E-state index contributed by atoms with van der Waals surface area (Å²) in [5.74, 6) is -1.00. The van der Waals surface area contributed by atoms with Gasteiger partial charge in [-0.1, -0.05) is 24.3 Å². The van der Waals surface area contributed by atoms with Crippen molar-refractivity contribution in [2.75, 3.05) is 18.5 Å². The van der Waals surface area contributed by atoms with E-state index < -0.39 is 19.2 Å². The molecule has 1 atom stereocenters. The number of halogens is 1. The molecule has 2 rings (SSSR count). The molecule has 0 aliphatic carbocycles. The van der Waals surface area contributed by atoms with E-state index in [-0.39, 0.29) is 18.8 Å². The lowest BCUT2D eigenvalue weighted by Gasteiger charge is -2.28. The zero-order valence-corrected chi connectivity index (χ0v) is 14.9. The second kappa shape index (κ2) is 8.38. The molecule has 0 radical (unpaired) electrons. The number of rotatable bonds is 8. The van der Waals surface area contributed by atoms with Crippen LogP contribution in [0.15, 0.2) is 42.5 Å². The molecule has 2 aromatic rings. The Labute approximate surface area is 141 Å². The van der Waals surface area contributed by atoms with E-state index in [2.05, 4.69) is 10.3 Å². The molecule has 7 heteroatoms. The first-order valence-electron chi connectivity index (χ1n) is 7.83. The Hall–Kier alpha value is -1.75. The molecule has 5 nitrogen and oxygen atoms in total. The van der Waals surface area contributed by atoms with E-state index in [1.165, 1.54) is 6.07 Å². The minimum atomic E-state index is -3.65. The Morgan fingerprint density at radius 3 is 2.38 bits per heavy atom. The summed E-state index contributed by atoms with van der Waals surface area (Å²) in [6.45, 7) is 5.65. The number of nitrogens with one attached hydrogen (secondary N) is 1. The van der Waals surface area contributed by atoms with E-state index in [1.54, 1.807) is 38.1 Å². The number of aryl methyl sites for hydroxylation is 1. The molecule has 1 heterocycles. The maximum absolute atomic E-state index is 14.3. The van der Waals surface area contributed by atoms with E-state index in [0.29, 0.717) is 5.82 Å². The molecule has 1 aromatic heterocycles. The Bertz CT molecular complexity index is 716. The van der Waals surface area contributed by atoms with Crippen LogP contribution in [0.3, 0.4) is 0 Å². The monoisotopic (exact) mass is 352 g/mol. The second-order valence-electron chi connectivity index (χ2n) is 5.11. The lowest BCUT2D eigenvalue weighted by Crippen LogP contribution is -2.17. The highest BCUT2D eigenvalue weighted by atomic mass is 31.2. The third-order valence-corrected chi connectivity index (χ3v) is 5.58. The number of nitrogens with zero attached hydrogens (tertiary/aromatic N) is 1. The maximum Gasteiger partial charge on any atom is 0.357 e. The van der Waals surface area contributed by atoms with Crippen LogP contribution in [0.4, 0.5) is 10.2 Å². The normalized spacial score (nSPS) is 12.8. The van der Waals surface area contributed by atoms with Crippen molar-refractivity contribution in [2.24, 2.45) is 0 Å². The fourth-order valence-corrected chi connectivity index (χ4v) is 4.27. The van der Waals surface area contributed by atoms with Crippen LogP contribution < -0.4 is 5.32 Å². The van der Waals surface area contributed by atoms with E-state index >= 15 is 0 Å². The van der Waals surface area contributed by atoms with Gasteiger partial charge in [-0.05, 0) is 39.0 Å². The minimum absolute atomic E-state index is 0.186. The number of anilines is 1. The Kier molecular flexibility index (Phi) is 6.49. The number of benzene rings is 1. The van der Waals surface area contributed by atoms with Gasteiger partial charge in [0.25, 0.3) is 0 Å². The standard InChI is InChI=1S/C17H22FN2O3P/c1-4-22-24(21,23-5-2)17(14-10-6-7-11-15(14)18)20-16-12-8-9-13(3)19-16/h6-12,17H,4-5H2,1-3H3,(H,19,20). The van der Waals surface area contributed by atoms with Crippen LogP contribution in [0, 0.1) is 12.7 Å². The molecule has 1 aromatic carbocycles. The summed E-state index contributed by atoms with van der Waals surface area (Å²) in [7, 11) is -3.65. The summed E-state index contributed by atoms with van der Waals surface area (Å²) in [6, 6.07) is 11.5. The number of hydrogen-bond acceptors (Lipinski definition) is 5. The molecular weight excluding hydrogens is 330 g/mol. The molecule has 0 spiro atoms. The van der Waals surface area contributed by atoms with E-state index in [4.69, 9.17) is 9.05 Å². The van der Waals surface area contributed by atoms with Gasteiger partial charge in [-0.25, -0.2) is 9.37 Å². The second-order valence-corrected chi connectivity index (χ2v) is 7.22. The van der Waals surface area contributed by atoms with Crippen molar-refractivity contribution in [1.29, 1.82) is 0 Å². The van der Waals surface area contributed by atoms with Crippen LogP contribution in [0.2, 0.25) is 0 Å². The van der Waals surface area contributed by atoms with Gasteiger partial charge in [0.1, 0.15) is 11.6 Å². The lowest BCUT2D eigenvalue weighted by molar-refractivity contribution is 0.213. The van der Waals surface area contributed by atoms with Crippen LogP contribution >= 0.6 is 7.60 Å². The first-order chi connectivity index (χ1) is 11.5. The summed E-state index contributed by atoms with van der Waals surface area (Å²) < 4.78 is 38.4. The van der Waals surface area contributed by atoms with Crippen molar-refractivity contribution in [3.05, 3.63) is 59.5 Å². The van der Waals surface area contributed by atoms with Gasteiger partial charge in [-0.15, -0.1) is 0 Å². The van der Waals surface area contributed by atoms with Crippen LogP contribution in [0.25, 0.3) is 0 Å². The van der Waals surface area contributed by atoms with Crippen molar-refractivity contribution < 1.29 is 18.0 Å². The van der Waals surface area contributed by atoms with Crippen LogP contribution in [0.1, 0.15) is 30.9 Å². The molecule has 24 heavy (non-hydrogen) atoms. The van der Waals surface area contributed by atoms with E-state index in [0.717, 1.165) is 5.69 Å². The van der Waals surface area contributed by atoms with Gasteiger partial charge in [0, 0.05) is 11.3 Å². The highest BCUT2D eigenvalue weighted by Crippen LogP contribution is 2.61. The van der Waals surface area contributed by atoms with Crippen molar-refractivity contribution in [3.63, 3.8) is 0 Å². The molecule has 0 bridgehead atoms. The lowest BCUT2D eigenvalue weighted by atomic mass is 10.2. The van der Waals surface area contributed by atoms with Gasteiger partial charge in [-0.2, -0.15) is 0 Å². The van der Waals surface area contributed by atoms with Crippen molar-refractivity contribution in [3.8, 4) is 0 Å². The van der Waals surface area contributed by atoms with Crippen molar-refractivity contribution in [2.45, 2.75) is 26.6 Å². The molecular formula is C17H22FN2O3P. The molecule has 0 saturated heterocycles. The van der Waals surface area contributed by atoms with Gasteiger partial charge in [0.15, 0.2) is 5.78 Å². The average Bonchev–Trinajstić information content (AvgIpc) is 2.54. The van der Waals surface area contributed by atoms with E-state index in [1.807, 2.05) is 19.1 Å². The smallest absolute Gasteiger partial charge is 0.353 e. The SMILES string of the molecule is CCOP(=O)(OCC)C(Nc1cccc(C)n1)c1ccccc1F. The Morgan fingerprint density at radius 1 is 1.12 bits per heavy atom. The van der Waals surface area contributed by atoms with Gasteiger partial charge in [0.05, 0.1) is 13.2 Å². The molecule has 1 unspecified atom stereocenters. The van der Waals surface area contributed by atoms with Crippen molar-refractivity contribution in [1.82, 2.24) is 4.98 Å². The fraction of sp³-hybridized carbons (Fsp3) is 0.353. The predicted octanol–water partition coefficient (Wildman–Crippen LogP) is 4.91. The first kappa shape index (κ1) is 18.6. The van der Waals surface area contributed by atoms with E-state index in [9.17, 15) is 8.96 Å². The summed E-state index contributed by atoms with van der Waals surface area (Å²) in [4.78, 5) is 4.34. The van der Waals surface area contributed by atoms with Crippen LogP contribution in [-0.2, 0) is 13.6 Å². The Morgan fingerprint density at radius 2 is 1.79 bits per heavy atom. The molecule has 0 saturated carbocycles.